The van der Waals surface area contributed by atoms with Crippen molar-refractivity contribution in [2.24, 2.45) is 10.7 Å². The van der Waals surface area contributed by atoms with Gasteiger partial charge in [0, 0.05) is 18.7 Å². The van der Waals surface area contributed by atoms with Gasteiger partial charge in [0.1, 0.15) is 27.9 Å². The number of aromatic nitrogens is 2. The Morgan fingerprint density at radius 1 is 1.29 bits per heavy atom. The van der Waals surface area contributed by atoms with Gasteiger partial charge in [-0.3, -0.25) is 4.79 Å². The summed E-state index contributed by atoms with van der Waals surface area (Å²) in [5, 5.41) is 8.98. The summed E-state index contributed by atoms with van der Waals surface area (Å²) in [6, 6.07) is 5.91. The van der Waals surface area contributed by atoms with Crippen LogP contribution in [0.2, 0.25) is 0 Å². The van der Waals surface area contributed by atoms with Gasteiger partial charge in [-0.25, -0.2) is 23.7 Å². The Labute approximate surface area is 206 Å². The predicted octanol–water partition coefficient (Wildman–Crippen LogP) is 4.17. The largest absolute Gasteiger partial charge is 0.378 e. The lowest BCUT2D eigenvalue weighted by Crippen LogP contribution is -2.52. The lowest BCUT2D eigenvalue weighted by Gasteiger charge is -2.44. The van der Waals surface area contributed by atoms with Crippen molar-refractivity contribution in [3.63, 3.8) is 0 Å². The van der Waals surface area contributed by atoms with E-state index in [1.54, 1.807) is 18.7 Å². The third-order valence-corrected chi connectivity index (χ3v) is 7.56. The second kappa shape index (κ2) is 9.23. The van der Waals surface area contributed by atoms with E-state index >= 15 is 4.39 Å². The average Bonchev–Trinajstić information content (AvgIpc) is 3.38. The topological polar surface area (TPSA) is 108 Å². The molecule has 2 aromatic rings. The molecule has 2 aliphatic heterocycles. The lowest BCUT2D eigenvalue weighted by atomic mass is 9.77. The van der Waals surface area contributed by atoms with Crippen LogP contribution in [0.4, 0.5) is 8.78 Å². The molecule has 0 aliphatic carbocycles. The van der Waals surface area contributed by atoms with Gasteiger partial charge in [0.2, 0.25) is 5.91 Å². The average molecular weight is 495 g/mol. The number of likely N-dealkylation sites (tertiary alicyclic amines) is 1. The summed E-state index contributed by atoms with van der Waals surface area (Å²) < 4.78 is 28.9. The minimum Gasteiger partial charge on any atom is -0.378 e. The van der Waals surface area contributed by atoms with Crippen LogP contribution in [0, 0.1) is 17.1 Å². The molecule has 7 nitrogen and oxygen atoms in total. The molecule has 0 spiro atoms. The van der Waals surface area contributed by atoms with Crippen LogP contribution in [0.15, 0.2) is 47.7 Å². The van der Waals surface area contributed by atoms with Gasteiger partial charge in [-0.2, -0.15) is 5.26 Å². The van der Waals surface area contributed by atoms with Crippen molar-refractivity contribution in [3.05, 3.63) is 71.1 Å². The van der Waals surface area contributed by atoms with Crippen LogP contribution in [0.5, 0.6) is 0 Å². The molecule has 2 N–H and O–H groups in total. The lowest BCUT2D eigenvalue weighted by molar-refractivity contribution is -0.131. The van der Waals surface area contributed by atoms with Gasteiger partial charge in [-0.15, -0.1) is 0 Å². The Kier molecular flexibility index (Phi) is 6.47. The molecule has 0 bridgehead atoms. The standard InChI is InChI=1S/C25H24F2N6OS/c1-15-24(2,32-23(29)35-25(15,3)22(34)33-8-4-5-9-33)18-10-16(6-7-19(18)26)11-20(27)21-14-30-17(12-28)13-31-21/h6-7,10-11,13-14H,1,4-5,8-9H2,2-3H3,(H2,29,32)/b20-11-/t24-,25-/m0/s1. The zero-order chi connectivity index (χ0) is 25.4. The van der Waals surface area contributed by atoms with E-state index in [0.717, 1.165) is 30.8 Å². The maximum Gasteiger partial charge on any atom is 0.243 e. The van der Waals surface area contributed by atoms with E-state index in [2.05, 4.69) is 21.5 Å². The quantitative estimate of drug-likeness (QED) is 0.639. The number of hydrogen-bond donors (Lipinski definition) is 1. The van der Waals surface area contributed by atoms with Gasteiger partial charge in [-0.1, -0.05) is 24.4 Å². The van der Waals surface area contributed by atoms with Crippen LogP contribution in [0.3, 0.4) is 0 Å². The van der Waals surface area contributed by atoms with Crippen molar-refractivity contribution < 1.29 is 13.6 Å². The van der Waals surface area contributed by atoms with E-state index in [4.69, 9.17) is 11.0 Å². The van der Waals surface area contributed by atoms with Crippen LogP contribution in [0.1, 0.15) is 49.2 Å². The molecule has 2 atom stereocenters. The predicted molar refractivity (Wildman–Crippen MR) is 132 cm³/mol. The summed E-state index contributed by atoms with van der Waals surface area (Å²) in [6.45, 7) is 8.90. The van der Waals surface area contributed by atoms with Gasteiger partial charge in [0.15, 0.2) is 16.7 Å². The number of nitriles is 1. The summed E-state index contributed by atoms with van der Waals surface area (Å²) in [6.07, 6.45) is 5.36. The second-order valence-corrected chi connectivity index (χ2v) is 10.2. The normalized spacial score (nSPS) is 24.8. The summed E-state index contributed by atoms with van der Waals surface area (Å²) in [5.74, 6) is -1.42. The molecule has 1 aromatic heterocycles. The fourth-order valence-electron chi connectivity index (χ4n) is 4.40. The number of aliphatic imine (C=N–C) groups is 1. The van der Waals surface area contributed by atoms with Gasteiger partial charge in [0.05, 0.1) is 12.4 Å². The number of benzene rings is 1. The van der Waals surface area contributed by atoms with Gasteiger partial charge < -0.3 is 10.6 Å². The van der Waals surface area contributed by atoms with E-state index in [9.17, 15) is 9.18 Å². The summed E-state index contributed by atoms with van der Waals surface area (Å²) >= 11 is 1.11. The van der Waals surface area contributed by atoms with Crippen LogP contribution < -0.4 is 5.73 Å². The summed E-state index contributed by atoms with van der Waals surface area (Å²) in [7, 11) is 0. The molecule has 10 heteroatoms. The smallest absolute Gasteiger partial charge is 0.243 e. The zero-order valence-electron chi connectivity index (χ0n) is 19.4. The van der Waals surface area contributed by atoms with Crippen molar-refractivity contribution in [3.8, 4) is 6.07 Å². The van der Waals surface area contributed by atoms with Crippen molar-refractivity contribution in [2.45, 2.75) is 37.0 Å². The number of thioether (sulfide) groups is 1. The van der Waals surface area contributed by atoms with E-state index in [1.807, 2.05) is 6.07 Å². The molecule has 4 rings (SSSR count). The Hall–Kier alpha value is -3.58. The highest BCUT2D eigenvalue weighted by molar-refractivity contribution is 8.15. The number of rotatable bonds is 4. The number of amidine groups is 1. The van der Waals surface area contributed by atoms with Crippen LogP contribution >= 0.6 is 11.8 Å². The SMILES string of the molecule is C=C1[C@@](C)(C(=O)N2CCCC2)SC(N)=N[C@]1(C)c1cc(/C=C(\F)c2cnc(C#N)cn2)ccc1F. The molecule has 0 saturated carbocycles. The Morgan fingerprint density at radius 3 is 2.63 bits per heavy atom. The number of nitrogens with zero attached hydrogens (tertiary/aromatic N) is 5. The first kappa shape index (κ1) is 24.5. The molecule has 180 valence electrons. The van der Waals surface area contributed by atoms with E-state index < -0.39 is 21.9 Å². The molecule has 35 heavy (non-hydrogen) atoms. The van der Waals surface area contributed by atoms with E-state index in [-0.39, 0.29) is 28.0 Å². The summed E-state index contributed by atoms with van der Waals surface area (Å²) in [4.78, 5) is 27.4. The molecule has 0 unspecified atom stereocenters. The van der Waals surface area contributed by atoms with Gasteiger partial charge >= 0.3 is 0 Å². The van der Waals surface area contributed by atoms with Gasteiger partial charge in [0.25, 0.3) is 0 Å². The molecular formula is C25H24F2N6OS. The first-order valence-corrected chi connectivity index (χ1v) is 11.8. The number of carbonyl (C=O) groups is 1. The number of halogens is 2. The molecule has 1 aromatic carbocycles. The fraction of sp³-hybridized carbons (Fsp3) is 0.320. The monoisotopic (exact) mass is 494 g/mol. The molecule has 1 saturated heterocycles. The first-order valence-electron chi connectivity index (χ1n) is 11.0. The van der Waals surface area contributed by atoms with Crippen molar-refractivity contribution in [1.29, 1.82) is 5.26 Å². The van der Waals surface area contributed by atoms with Crippen molar-refractivity contribution in [2.75, 3.05) is 13.1 Å². The molecule has 1 fully saturated rings. The van der Waals surface area contributed by atoms with Crippen LogP contribution in [-0.2, 0) is 10.3 Å². The fourth-order valence-corrected chi connectivity index (χ4v) is 5.58. The molecular weight excluding hydrogens is 470 g/mol. The highest BCUT2D eigenvalue weighted by atomic mass is 32.2. The zero-order valence-corrected chi connectivity index (χ0v) is 20.2. The highest BCUT2D eigenvalue weighted by Crippen LogP contribution is 2.50. The molecule has 2 aliphatic rings. The molecule has 3 heterocycles. The Morgan fingerprint density at radius 2 is 2.00 bits per heavy atom. The Bertz CT molecular complexity index is 1300. The molecule has 0 radical (unpaired) electrons. The van der Waals surface area contributed by atoms with Crippen molar-refractivity contribution >= 4 is 34.7 Å². The number of carbonyl (C=O) groups excluding carboxylic acids is 1. The van der Waals surface area contributed by atoms with E-state index in [0.29, 0.717) is 24.2 Å². The summed E-state index contributed by atoms with van der Waals surface area (Å²) in [5.41, 5.74) is 5.68. The van der Waals surface area contributed by atoms with Crippen molar-refractivity contribution in [1.82, 2.24) is 14.9 Å². The third-order valence-electron chi connectivity index (χ3n) is 6.43. The maximum atomic E-state index is 15.2. The maximum absolute atomic E-state index is 15.2. The first-order chi connectivity index (χ1) is 16.6. The number of nitrogens with two attached hydrogens (primary N) is 1. The highest BCUT2D eigenvalue weighted by Gasteiger charge is 2.52. The Balaban J connectivity index is 1.73. The minimum absolute atomic E-state index is 0.0641. The van der Waals surface area contributed by atoms with E-state index in [1.165, 1.54) is 30.5 Å². The van der Waals surface area contributed by atoms with Crippen LogP contribution in [0.25, 0.3) is 11.9 Å². The van der Waals surface area contributed by atoms with Gasteiger partial charge in [-0.05, 0) is 56.0 Å². The van der Waals surface area contributed by atoms with Crippen LogP contribution in [-0.4, -0.2) is 43.8 Å². The third kappa shape index (κ3) is 4.44. The number of amides is 1. The number of hydrogen-bond acceptors (Lipinski definition) is 7. The second-order valence-electron chi connectivity index (χ2n) is 8.77. The molecule has 1 amide bonds. The minimum atomic E-state index is -1.35.